The molecule has 0 saturated heterocycles. The molecular formula is C13H11NO3. The smallest absolute Gasteiger partial charge is 0.339 e. The van der Waals surface area contributed by atoms with Crippen LogP contribution in [0.2, 0.25) is 0 Å². The predicted octanol–water partition coefficient (Wildman–Crippen LogP) is 2.88. The van der Waals surface area contributed by atoms with Crippen LogP contribution < -0.4 is 4.74 Å². The second-order valence-corrected chi connectivity index (χ2v) is 3.59. The molecule has 0 spiro atoms. The van der Waals surface area contributed by atoms with Gasteiger partial charge in [-0.2, -0.15) is 0 Å². The largest absolute Gasteiger partial charge is 0.478 e. The molecule has 1 N–H and O–H groups in total. The van der Waals surface area contributed by atoms with Crippen LogP contribution in [0.25, 0.3) is 0 Å². The first-order valence-corrected chi connectivity index (χ1v) is 5.08. The molecule has 0 aliphatic carbocycles. The number of carboxylic acid groups (broad SMARTS) is 1. The van der Waals surface area contributed by atoms with Crippen LogP contribution in [0.1, 0.15) is 15.9 Å². The SMILES string of the molecule is Cc1ccc(Oc2cnccc2C(=O)O)cc1. The van der Waals surface area contributed by atoms with Crippen LogP contribution in [-0.2, 0) is 0 Å². The summed E-state index contributed by atoms with van der Waals surface area (Å²) in [5, 5.41) is 8.98. The van der Waals surface area contributed by atoms with Gasteiger partial charge in [0.25, 0.3) is 0 Å². The molecule has 0 bridgehead atoms. The van der Waals surface area contributed by atoms with Crippen molar-refractivity contribution in [1.29, 1.82) is 0 Å². The lowest BCUT2D eigenvalue weighted by Crippen LogP contribution is -2.00. The zero-order chi connectivity index (χ0) is 12.3. The molecule has 0 aliphatic heterocycles. The molecule has 17 heavy (non-hydrogen) atoms. The van der Waals surface area contributed by atoms with Gasteiger partial charge in [-0.15, -0.1) is 0 Å². The molecule has 0 amide bonds. The lowest BCUT2D eigenvalue weighted by atomic mass is 10.2. The molecule has 2 rings (SSSR count). The maximum absolute atomic E-state index is 11.0. The highest BCUT2D eigenvalue weighted by atomic mass is 16.5. The Bertz CT molecular complexity index is 535. The van der Waals surface area contributed by atoms with Crippen LogP contribution in [0.4, 0.5) is 0 Å². The van der Waals surface area contributed by atoms with Gasteiger partial charge in [0.05, 0.1) is 6.20 Å². The number of hydrogen-bond acceptors (Lipinski definition) is 3. The molecule has 0 aliphatic rings. The van der Waals surface area contributed by atoms with Crippen molar-refractivity contribution >= 4 is 5.97 Å². The number of aromatic carboxylic acids is 1. The normalized spacial score (nSPS) is 9.94. The van der Waals surface area contributed by atoms with Gasteiger partial charge < -0.3 is 9.84 Å². The Hall–Kier alpha value is -2.36. The number of aryl methyl sites for hydroxylation is 1. The number of ether oxygens (including phenoxy) is 1. The van der Waals surface area contributed by atoms with Gasteiger partial charge >= 0.3 is 5.97 Å². The highest BCUT2D eigenvalue weighted by Gasteiger charge is 2.11. The van der Waals surface area contributed by atoms with Crippen LogP contribution in [-0.4, -0.2) is 16.1 Å². The van der Waals surface area contributed by atoms with E-state index in [1.807, 2.05) is 19.1 Å². The van der Waals surface area contributed by atoms with E-state index in [9.17, 15) is 4.79 Å². The number of aromatic nitrogens is 1. The summed E-state index contributed by atoms with van der Waals surface area (Å²) in [5.41, 5.74) is 1.21. The summed E-state index contributed by atoms with van der Waals surface area (Å²) in [6.45, 7) is 1.97. The third kappa shape index (κ3) is 2.60. The van der Waals surface area contributed by atoms with E-state index >= 15 is 0 Å². The third-order valence-electron chi connectivity index (χ3n) is 2.26. The predicted molar refractivity (Wildman–Crippen MR) is 62.4 cm³/mol. The van der Waals surface area contributed by atoms with Crippen LogP contribution in [0.5, 0.6) is 11.5 Å². The number of carbonyl (C=O) groups is 1. The molecular weight excluding hydrogens is 218 g/mol. The molecule has 0 radical (unpaired) electrons. The van der Waals surface area contributed by atoms with E-state index in [2.05, 4.69) is 4.98 Å². The Kier molecular flexibility index (Phi) is 3.05. The van der Waals surface area contributed by atoms with Gasteiger partial charge in [0.15, 0.2) is 5.75 Å². The molecule has 0 unspecified atom stereocenters. The van der Waals surface area contributed by atoms with E-state index in [0.29, 0.717) is 5.75 Å². The van der Waals surface area contributed by atoms with Crippen molar-refractivity contribution < 1.29 is 14.6 Å². The van der Waals surface area contributed by atoms with Crippen molar-refractivity contribution in [3.8, 4) is 11.5 Å². The average molecular weight is 229 g/mol. The molecule has 0 saturated carbocycles. The first-order chi connectivity index (χ1) is 8.16. The molecule has 1 aromatic carbocycles. The van der Waals surface area contributed by atoms with Crippen molar-refractivity contribution in [2.45, 2.75) is 6.92 Å². The Balaban J connectivity index is 2.30. The van der Waals surface area contributed by atoms with Gasteiger partial charge in [0.1, 0.15) is 11.3 Å². The lowest BCUT2D eigenvalue weighted by Gasteiger charge is -2.07. The van der Waals surface area contributed by atoms with E-state index in [1.165, 1.54) is 18.5 Å². The van der Waals surface area contributed by atoms with Gasteiger partial charge in [-0.3, -0.25) is 4.98 Å². The van der Waals surface area contributed by atoms with Crippen molar-refractivity contribution in [2.75, 3.05) is 0 Å². The highest BCUT2D eigenvalue weighted by Crippen LogP contribution is 2.24. The molecule has 4 heteroatoms. The Morgan fingerprint density at radius 1 is 1.24 bits per heavy atom. The lowest BCUT2D eigenvalue weighted by molar-refractivity contribution is 0.0694. The second kappa shape index (κ2) is 4.65. The summed E-state index contributed by atoms with van der Waals surface area (Å²) in [7, 11) is 0. The summed E-state index contributed by atoms with van der Waals surface area (Å²) in [6.07, 6.45) is 2.81. The Morgan fingerprint density at radius 2 is 1.94 bits per heavy atom. The highest BCUT2D eigenvalue weighted by molar-refractivity contribution is 5.90. The van der Waals surface area contributed by atoms with Crippen molar-refractivity contribution in [1.82, 2.24) is 4.98 Å². The van der Waals surface area contributed by atoms with Gasteiger partial charge in [0, 0.05) is 6.20 Å². The van der Waals surface area contributed by atoms with Gasteiger partial charge in [-0.25, -0.2) is 4.79 Å². The fourth-order valence-electron chi connectivity index (χ4n) is 1.37. The average Bonchev–Trinajstić information content (AvgIpc) is 2.32. The number of nitrogens with zero attached hydrogens (tertiary/aromatic N) is 1. The Morgan fingerprint density at radius 3 is 2.59 bits per heavy atom. The van der Waals surface area contributed by atoms with Gasteiger partial charge in [-0.1, -0.05) is 17.7 Å². The van der Waals surface area contributed by atoms with E-state index in [1.54, 1.807) is 12.1 Å². The molecule has 2 aromatic rings. The van der Waals surface area contributed by atoms with E-state index < -0.39 is 5.97 Å². The van der Waals surface area contributed by atoms with E-state index in [0.717, 1.165) is 5.56 Å². The summed E-state index contributed by atoms with van der Waals surface area (Å²) < 4.78 is 5.48. The molecule has 0 atom stereocenters. The number of rotatable bonds is 3. The quantitative estimate of drug-likeness (QED) is 0.879. The third-order valence-corrected chi connectivity index (χ3v) is 2.26. The maximum atomic E-state index is 11.0. The Labute approximate surface area is 98.5 Å². The molecule has 0 fully saturated rings. The van der Waals surface area contributed by atoms with Crippen LogP contribution in [0, 0.1) is 6.92 Å². The molecule has 1 heterocycles. The zero-order valence-corrected chi connectivity index (χ0v) is 9.25. The minimum absolute atomic E-state index is 0.0978. The second-order valence-electron chi connectivity index (χ2n) is 3.59. The summed E-state index contributed by atoms with van der Waals surface area (Å²) in [5.74, 6) is -0.204. The summed E-state index contributed by atoms with van der Waals surface area (Å²) in [6, 6.07) is 8.77. The van der Waals surface area contributed by atoms with Crippen LogP contribution in [0.3, 0.4) is 0 Å². The van der Waals surface area contributed by atoms with Crippen LogP contribution >= 0.6 is 0 Å². The van der Waals surface area contributed by atoms with Crippen LogP contribution in [0.15, 0.2) is 42.7 Å². The standard InChI is InChI=1S/C13H11NO3/c1-9-2-4-10(5-3-9)17-12-8-14-7-6-11(12)13(15)16/h2-8H,1H3,(H,15,16). The van der Waals surface area contributed by atoms with Crippen molar-refractivity contribution in [3.63, 3.8) is 0 Å². The monoisotopic (exact) mass is 229 g/mol. The van der Waals surface area contributed by atoms with Gasteiger partial charge in [0.2, 0.25) is 0 Å². The fourth-order valence-corrected chi connectivity index (χ4v) is 1.37. The first-order valence-electron chi connectivity index (χ1n) is 5.08. The number of pyridine rings is 1. The van der Waals surface area contributed by atoms with Crippen molar-refractivity contribution in [2.24, 2.45) is 0 Å². The van der Waals surface area contributed by atoms with Crippen molar-refractivity contribution in [3.05, 3.63) is 53.9 Å². The summed E-state index contributed by atoms with van der Waals surface area (Å²) >= 11 is 0. The minimum Gasteiger partial charge on any atom is -0.478 e. The van der Waals surface area contributed by atoms with E-state index in [-0.39, 0.29) is 11.3 Å². The first kappa shape index (κ1) is 11.1. The summed E-state index contributed by atoms with van der Waals surface area (Å²) in [4.78, 5) is 14.8. The number of benzene rings is 1. The van der Waals surface area contributed by atoms with E-state index in [4.69, 9.17) is 9.84 Å². The van der Waals surface area contributed by atoms with Gasteiger partial charge in [-0.05, 0) is 25.1 Å². The molecule has 1 aromatic heterocycles. The fraction of sp³-hybridized carbons (Fsp3) is 0.0769. The molecule has 86 valence electrons. The number of hydrogen-bond donors (Lipinski definition) is 1. The topological polar surface area (TPSA) is 59.4 Å². The number of carboxylic acids is 1. The zero-order valence-electron chi connectivity index (χ0n) is 9.25. The molecule has 4 nitrogen and oxygen atoms in total. The minimum atomic E-state index is -1.03. The maximum Gasteiger partial charge on any atom is 0.339 e.